The number of benzene rings is 1. The lowest BCUT2D eigenvalue weighted by Gasteiger charge is -2.22. The third kappa shape index (κ3) is 2.41. The summed E-state index contributed by atoms with van der Waals surface area (Å²) in [6.45, 7) is 3.75. The molecule has 0 radical (unpaired) electrons. The number of fused-ring (bicyclic) bond motifs is 1. The van der Waals surface area contributed by atoms with Crippen molar-refractivity contribution in [2.24, 2.45) is 11.8 Å². The second-order valence-corrected chi connectivity index (χ2v) is 6.71. The van der Waals surface area contributed by atoms with Crippen molar-refractivity contribution in [3.8, 4) is 0 Å². The van der Waals surface area contributed by atoms with Crippen LogP contribution in [0.3, 0.4) is 0 Å². The minimum atomic E-state index is -0.440. The van der Waals surface area contributed by atoms with Gasteiger partial charge in [0, 0.05) is 23.5 Å². The van der Waals surface area contributed by atoms with Gasteiger partial charge in [0.2, 0.25) is 0 Å². The molecular formula is C15H20BrNO2. The summed E-state index contributed by atoms with van der Waals surface area (Å²) in [5.74, 6) is 1.07. The van der Waals surface area contributed by atoms with Crippen LogP contribution in [0.15, 0.2) is 22.7 Å². The second-order valence-electron chi connectivity index (χ2n) is 5.86. The van der Waals surface area contributed by atoms with Crippen molar-refractivity contribution in [3.05, 3.63) is 28.2 Å². The van der Waals surface area contributed by atoms with Crippen molar-refractivity contribution in [2.75, 3.05) is 18.0 Å². The SMILES string of the molecule is C[C@H](O)c1ccc(N2CC3CCC(O)C3C2)c(Br)c1. The van der Waals surface area contributed by atoms with Gasteiger partial charge >= 0.3 is 0 Å². The molecule has 1 heterocycles. The number of hydrogen-bond acceptors (Lipinski definition) is 3. The number of aliphatic hydroxyl groups excluding tert-OH is 2. The fraction of sp³-hybridized carbons (Fsp3) is 0.600. The van der Waals surface area contributed by atoms with Crippen molar-refractivity contribution in [1.29, 1.82) is 0 Å². The maximum Gasteiger partial charge on any atom is 0.0762 e. The molecule has 1 saturated heterocycles. The molecule has 2 aliphatic rings. The Morgan fingerprint density at radius 2 is 2.11 bits per heavy atom. The lowest BCUT2D eigenvalue weighted by molar-refractivity contribution is 0.133. The average Bonchev–Trinajstić information content (AvgIpc) is 2.92. The lowest BCUT2D eigenvalue weighted by Crippen LogP contribution is -2.24. The van der Waals surface area contributed by atoms with Crippen LogP contribution in [-0.2, 0) is 0 Å². The highest BCUT2D eigenvalue weighted by Gasteiger charge is 2.42. The highest BCUT2D eigenvalue weighted by Crippen LogP contribution is 2.41. The van der Waals surface area contributed by atoms with Crippen LogP contribution in [0.25, 0.3) is 0 Å². The first-order chi connectivity index (χ1) is 9.06. The fourth-order valence-corrected chi connectivity index (χ4v) is 4.12. The number of aliphatic hydroxyl groups is 2. The molecule has 3 unspecified atom stereocenters. The van der Waals surface area contributed by atoms with E-state index in [0.717, 1.165) is 36.0 Å². The van der Waals surface area contributed by atoms with E-state index < -0.39 is 6.10 Å². The summed E-state index contributed by atoms with van der Waals surface area (Å²) in [6, 6.07) is 6.04. The zero-order valence-corrected chi connectivity index (χ0v) is 12.7. The molecular weight excluding hydrogens is 306 g/mol. The van der Waals surface area contributed by atoms with Crippen molar-refractivity contribution < 1.29 is 10.2 Å². The Morgan fingerprint density at radius 1 is 1.32 bits per heavy atom. The first-order valence-electron chi connectivity index (χ1n) is 6.97. The lowest BCUT2D eigenvalue weighted by atomic mass is 10.00. The molecule has 1 saturated carbocycles. The van der Waals surface area contributed by atoms with Gasteiger partial charge in [0.1, 0.15) is 0 Å². The van der Waals surface area contributed by atoms with E-state index in [1.807, 2.05) is 12.1 Å². The molecule has 19 heavy (non-hydrogen) atoms. The molecule has 1 aliphatic heterocycles. The largest absolute Gasteiger partial charge is 0.393 e. The Morgan fingerprint density at radius 3 is 2.74 bits per heavy atom. The van der Waals surface area contributed by atoms with Gasteiger partial charge in [-0.3, -0.25) is 0 Å². The maximum atomic E-state index is 9.98. The molecule has 1 aromatic rings. The highest BCUT2D eigenvalue weighted by molar-refractivity contribution is 9.10. The molecule has 0 aromatic heterocycles. The van der Waals surface area contributed by atoms with E-state index in [9.17, 15) is 10.2 Å². The van der Waals surface area contributed by atoms with E-state index in [-0.39, 0.29) is 6.10 Å². The van der Waals surface area contributed by atoms with E-state index in [1.54, 1.807) is 6.92 Å². The second kappa shape index (κ2) is 5.08. The molecule has 0 amide bonds. The standard InChI is InChI=1S/C15H20BrNO2/c1-9(18)10-2-4-14(13(16)6-10)17-7-11-3-5-15(19)12(11)8-17/h2,4,6,9,11-12,15,18-19H,3,5,7-8H2,1H3/t9-,11?,12?,15?/m0/s1. The molecule has 1 aromatic carbocycles. The van der Waals surface area contributed by atoms with Crippen LogP contribution in [0.4, 0.5) is 5.69 Å². The normalized spacial score (nSPS) is 31.6. The van der Waals surface area contributed by atoms with Gasteiger partial charge in [-0.1, -0.05) is 6.07 Å². The molecule has 104 valence electrons. The van der Waals surface area contributed by atoms with Crippen LogP contribution in [0.1, 0.15) is 31.4 Å². The van der Waals surface area contributed by atoms with Gasteiger partial charge in [-0.25, -0.2) is 0 Å². The van der Waals surface area contributed by atoms with Gasteiger partial charge < -0.3 is 15.1 Å². The van der Waals surface area contributed by atoms with Gasteiger partial charge in [0.05, 0.1) is 17.9 Å². The molecule has 3 nitrogen and oxygen atoms in total. The van der Waals surface area contributed by atoms with Gasteiger partial charge in [-0.2, -0.15) is 0 Å². The zero-order valence-electron chi connectivity index (χ0n) is 11.1. The summed E-state index contributed by atoms with van der Waals surface area (Å²) in [6.07, 6.45) is 1.55. The first-order valence-corrected chi connectivity index (χ1v) is 7.76. The summed E-state index contributed by atoms with van der Waals surface area (Å²) in [5.41, 5.74) is 2.10. The van der Waals surface area contributed by atoms with Crippen LogP contribution in [0.5, 0.6) is 0 Å². The smallest absolute Gasteiger partial charge is 0.0762 e. The topological polar surface area (TPSA) is 43.7 Å². The first kappa shape index (κ1) is 13.4. The minimum absolute atomic E-state index is 0.120. The van der Waals surface area contributed by atoms with E-state index in [2.05, 4.69) is 26.9 Å². The van der Waals surface area contributed by atoms with E-state index >= 15 is 0 Å². The quantitative estimate of drug-likeness (QED) is 0.878. The number of hydrogen-bond donors (Lipinski definition) is 2. The predicted molar refractivity (Wildman–Crippen MR) is 79.2 cm³/mol. The minimum Gasteiger partial charge on any atom is -0.393 e. The Hall–Kier alpha value is -0.580. The van der Waals surface area contributed by atoms with Gasteiger partial charge in [-0.15, -0.1) is 0 Å². The molecule has 0 bridgehead atoms. The van der Waals surface area contributed by atoms with Crippen LogP contribution in [0, 0.1) is 11.8 Å². The van der Waals surface area contributed by atoms with Crippen LogP contribution >= 0.6 is 15.9 Å². The molecule has 0 spiro atoms. The average molecular weight is 326 g/mol. The number of nitrogens with zero attached hydrogens (tertiary/aromatic N) is 1. The summed E-state index contributed by atoms with van der Waals surface area (Å²) in [7, 11) is 0. The molecule has 4 atom stereocenters. The summed E-state index contributed by atoms with van der Waals surface area (Å²) < 4.78 is 1.03. The molecule has 2 fully saturated rings. The Kier molecular flexibility index (Phi) is 3.58. The van der Waals surface area contributed by atoms with Gasteiger partial charge in [0.25, 0.3) is 0 Å². The van der Waals surface area contributed by atoms with E-state index in [1.165, 1.54) is 5.69 Å². The summed E-state index contributed by atoms with van der Waals surface area (Å²) >= 11 is 3.61. The maximum absolute atomic E-state index is 9.98. The van der Waals surface area contributed by atoms with Crippen molar-refractivity contribution >= 4 is 21.6 Å². The predicted octanol–water partition coefficient (Wildman–Crippen LogP) is 2.71. The third-order valence-electron chi connectivity index (χ3n) is 4.61. The fourth-order valence-electron chi connectivity index (χ4n) is 3.47. The van der Waals surface area contributed by atoms with E-state index in [0.29, 0.717) is 11.8 Å². The van der Waals surface area contributed by atoms with Gasteiger partial charge in [-0.05, 0) is 59.3 Å². The van der Waals surface area contributed by atoms with Crippen LogP contribution < -0.4 is 4.90 Å². The zero-order chi connectivity index (χ0) is 13.6. The summed E-state index contributed by atoms with van der Waals surface area (Å²) in [5, 5.41) is 19.6. The van der Waals surface area contributed by atoms with Gasteiger partial charge in [0.15, 0.2) is 0 Å². The Labute approximate surface area is 122 Å². The van der Waals surface area contributed by atoms with E-state index in [4.69, 9.17) is 0 Å². The molecule has 2 N–H and O–H groups in total. The number of rotatable bonds is 2. The highest BCUT2D eigenvalue weighted by atomic mass is 79.9. The van der Waals surface area contributed by atoms with Crippen molar-refractivity contribution in [3.63, 3.8) is 0 Å². The molecule has 3 rings (SSSR count). The van der Waals surface area contributed by atoms with Crippen LogP contribution in [0.2, 0.25) is 0 Å². The van der Waals surface area contributed by atoms with Crippen molar-refractivity contribution in [2.45, 2.75) is 32.0 Å². The monoisotopic (exact) mass is 325 g/mol. The summed E-state index contributed by atoms with van der Waals surface area (Å²) in [4.78, 5) is 2.35. The molecule has 1 aliphatic carbocycles. The third-order valence-corrected chi connectivity index (χ3v) is 5.25. The van der Waals surface area contributed by atoms with Crippen molar-refractivity contribution in [1.82, 2.24) is 0 Å². The van der Waals surface area contributed by atoms with Crippen LogP contribution in [-0.4, -0.2) is 29.4 Å². The number of halogens is 1. The molecule has 4 heteroatoms. The Bertz CT molecular complexity index is 477. The Balaban J connectivity index is 1.80. The number of anilines is 1.